The Balaban J connectivity index is 2.41. The number of halogens is 1. The van der Waals surface area contributed by atoms with Gasteiger partial charge in [0.25, 0.3) is 0 Å². The molecule has 0 aromatic carbocycles. The maximum Gasteiger partial charge on any atom is 0.240 e. The number of hydrogen-bond donors (Lipinski definition) is 0. The van der Waals surface area contributed by atoms with Crippen molar-refractivity contribution in [3.05, 3.63) is 12.2 Å². The van der Waals surface area contributed by atoms with Crippen molar-refractivity contribution in [3.8, 4) is 0 Å². The van der Waals surface area contributed by atoms with Crippen molar-refractivity contribution >= 4 is 18.2 Å². The molecule has 0 radical (unpaired) electrons. The van der Waals surface area contributed by atoms with Gasteiger partial charge in [-0.25, -0.2) is 11.5 Å². The third-order valence-electron chi connectivity index (χ3n) is 4.49. The number of rotatable bonds is 1. The van der Waals surface area contributed by atoms with E-state index in [9.17, 15) is 0 Å². The van der Waals surface area contributed by atoms with Gasteiger partial charge in [0.15, 0.2) is 0 Å². The van der Waals surface area contributed by atoms with E-state index in [-0.39, 0.29) is 5.41 Å². The summed E-state index contributed by atoms with van der Waals surface area (Å²) in [7, 11) is 0. The topological polar surface area (TPSA) is 0 Å². The molecule has 2 heteroatoms. The first-order valence-electron chi connectivity index (χ1n) is 4.79. The summed E-state index contributed by atoms with van der Waals surface area (Å²) in [5, 5.41) is 0.385. The molecule has 2 atom stereocenters. The Bertz CT molecular complexity index is 234. The van der Waals surface area contributed by atoms with E-state index in [0.29, 0.717) is 5.31 Å². The maximum atomic E-state index is 6.10. The Morgan fingerprint density at radius 1 is 1.58 bits per heavy atom. The molecule has 12 heavy (non-hydrogen) atoms. The van der Waals surface area contributed by atoms with Crippen LogP contribution in [0.4, 0.5) is 0 Å². The minimum absolute atomic E-state index is 0.289. The Labute approximate surface area is 80.5 Å². The molecule has 2 bridgehead atoms. The van der Waals surface area contributed by atoms with Crippen molar-refractivity contribution in [2.24, 2.45) is 11.3 Å². The first kappa shape index (κ1) is 8.68. The van der Waals surface area contributed by atoms with Gasteiger partial charge >= 0.3 is 0 Å². The summed E-state index contributed by atoms with van der Waals surface area (Å²) in [5.41, 5.74) is 1.74. The van der Waals surface area contributed by atoms with Crippen molar-refractivity contribution < 1.29 is 0 Å². The predicted molar refractivity (Wildman–Crippen MR) is 56.0 cm³/mol. The largest absolute Gasteiger partial charge is 0.240 e. The zero-order valence-corrected chi connectivity index (χ0v) is 8.75. The van der Waals surface area contributed by atoms with Crippen LogP contribution in [-0.4, -0.2) is 6.69 Å². The minimum Gasteiger partial charge on any atom is -0.200 e. The fourth-order valence-corrected chi connectivity index (χ4v) is 3.71. The van der Waals surface area contributed by atoms with Crippen LogP contribution in [0, 0.1) is 11.3 Å². The van der Waals surface area contributed by atoms with Gasteiger partial charge in [0.05, 0.1) is 0 Å². The van der Waals surface area contributed by atoms with Crippen LogP contribution < -0.4 is 0 Å². The van der Waals surface area contributed by atoms with Crippen LogP contribution in [0.1, 0.15) is 33.1 Å². The normalized spacial score (nSPS) is 43.6. The van der Waals surface area contributed by atoms with Crippen molar-refractivity contribution in [3.63, 3.8) is 0 Å². The molecule has 0 aromatic rings. The first-order chi connectivity index (χ1) is 5.53. The van der Waals surface area contributed by atoms with Crippen molar-refractivity contribution in [1.29, 1.82) is 0 Å². The van der Waals surface area contributed by atoms with Gasteiger partial charge in [-0.05, 0) is 29.5 Å². The van der Waals surface area contributed by atoms with E-state index in [1.165, 1.54) is 24.8 Å². The third kappa shape index (κ3) is 0.762. The lowest BCUT2D eigenvalue weighted by atomic mass is 9.52. The quantitative estimate of drug-likeness (QED) is 0.432. The SMILES string of the molecule is C=C1C2CCC(BCl)(C2)C1(C)C. The molecule has 0 N–H and O–H groups in total. The summed E-state index contributed by atoms with van der Waals surface area (Å²) < 4.78 is 0. The van der Waals surface area contributed by atoms with Crippen LogP contribution in [0.2, 0.25) is 5.31 Å². The van der Waals surface area contributed by atoms with E-state index in [2.05, 4.69) is 20.4 Å². The molecular weight excluding hydrogens is 166 g/mol. The second-order valence-corrected chi connectivity index (χ2v) is 5.27. The monoisotopic (exact) mass is 182 g/mol. The van der Waals surface area contributed by atoms with Crippen LogP contribution in [0.15, 0.2) is 12.2 Å². The average Bonchev–Trinajstić information content (AvgIpc) is 2.53. The smallest absolute Gasteiger partial charge is 0.200 e. The van der Waals surface area contributed by atoms with E-state index in [0.717, 1.165) is 12.6 Å². The van der Waals surface area contributed by atoms with Gasteiger partial charge < -0.3 is 0 Å². The van der Waals surface area contributed by atoms with Gasteiger partial charge in [0, 0.05) is 0 Å². The highest BCUT2D eigenvalue weighted by Gasteiger charge is 2.58. The molecule has 2 unspecified atom stereocenters. The summed E-state index contributed by atoms with van der Waals surface area (Å²) in [6, 6.07) is 0. The summed E-state index contributed by atoms with van der Waals surface area (Å²) in [4.78, 5) is 0. The molecule has 2 fully saturated rings. The van der Waals surface area contributed by atoms with Gasteiger partial charge in [-0.3, -0.25) is 0 Å². The van der Waals surface area contributed by atoms with E-state index < -0.39 is 0 Å². The molecule has 66 valence electrons. The Morgan fingerprint density at radius 3 is 2.58 bits per heavy atom. The van der Waals surface area contributed by atoms with Gasteiger partial charge in [-0.2, -0.15) is 0 Å². The van der Waals surface area contributed by atoms with Crippen molar-refractivity contribution in [2.45, 2.75) is 38.4 Å². The molecule has 0 heterocycles. The lowest BCUT2D eigenvalue weighted by Gasteiger charge is -2.41. The lowest BCUT2D eigenvalue weighted by molar-refractivity contribution is 0.306. The standard InChI is InChI=1S/C10H16BCl/c1-7-8-4-5-10(6-8,11-12)9(7,2)3/h8,11H,1,4-6H2,2-3H3. The zero-order valence-electron chi connectivity index (χ0n) is 7.99. The van der Waals surface area contributed by atoms with E-state index in [4.69, 9.17) is 11.5 Å². The van der Waals surface area contributed by atoms with Crippen LogP contribution in [0.5, 0.6) is 0 Å². The number of allylic oxidation sites excluding steroid dienone is 1. The third-order valence-corrected chi connectivity index (χ3v) is 5.00. The summed E-state index contributed by atoms with van der Waals surface area (Å²) in [6.07, 6.45) is 3.94. The van der Waals surface area contributed by atoms with E-state index in [1.807, 2.05) is 0 Å². The number of hydrogen-bond acceptors (Lipinski definition) is 0. The highest BCUT2D eigenvalue weighted by atomic mass is 35.5. The van der Waals surface area contributed by atoms with Crippen LogP contribution in [-0.2, 0) is 0 Å². The molecule has 0 amide bonds. The second-order valence-electron chi connectivity index (χ2n) is 5.00. The van der Waals surface area contributed by atoms with Crippen molar-refractivity contribution in [1.82, 2.24) is 0 Å². The molecule has 0 nitrogen and oxygen atoms in total. The summed E-state index contributed by atoms with van der Waals surface area (Å²) >= 11 is 6.10. The molecule has 0 aliphatic heterocycles. The van der Waals surface area contributed by atoms with E-state index >= 15 is 0 Å². The molecule has 0 saturated heterocycles. The zero-order chi connectivity index (χ0) is 8.98. The Kier molecular flexibility index (Phi) is 1.68. The average molecular weight is 183 g/mol. The molecule has 0 aromatic heterocycles. The molecular formula is C10H16BCl. The molecule has 2 aliphatic rings. The lowest BCUT2D eigenvalue weighted by Crippen LogP contribution is -2.31. The fraction of sp³-hybridized carbons (Fsp3) is 0.800. The highest BCUT2D eigenvalue weighted by Crippen LogP contribution is 2.70. The van der Waals surface area contributed by atoms with Crippen LogP contribution >= 0.6 is 11.5 Å². The van der Waals surface area contributed by atoms with Gasteiger partial charge in [0.1, 0.15) is 0 Å². The van der Waals surface area contributed by atoms with E-state index in [1.54, 1.807) is 0 Å². The highest BCUT2D eigenvalue weighted by molar-refractivity contribution is 6.95. The van der Waals surface area contributed by atoms with Crippen molar-refractivity contribution in [2.75, 3.05) is 0 Å². The first-order valence-corrected chi connectivity index (χ1v) is 5.32. The Morgan fingerprint density at radius 2 is 2.25 bits per heavy atom. The number of fused-ring (bicyclic) bond motifs is 2. The minimum atomic E-state index is 0.289. The second kappa shape index (κ2) is 2.32. The summed E-state index contributed by atoms with van der Waals surface area (Å²) in [5.74, 6) is 0.777. The van der Waals surface area contributed by atoms with Crippen LogP contribution in [0.3, 0.4) is 0 Å². The predicted octanol–water partition coefficient (Wildman–Crippen LogP) is 3.13. The molecule has 0 spiro atoms. The molecule has 2 saturated carbocycles. The van der Waals surface area contributed by atoms with Gasteiger partial charge in [-0.1, -0.05) is 32.4 Å². The summed E-state index contributed by atoms with van der Waals surface area (Å²) in [6.45, 7) is 9.67. The maximum absolute atomic E-state index is 6.10. The molecule has 2 aliphatic carbocycles. The molecule has 2 rings (SSSR count). The fourth-order valence-electron chi connectivity index (χ4n) is 3.13. The van der Waals surface area contributed by atoms with Gasteiger partial charge in [-0.15, -0.1) is 0 Å². The Hall–Kier alpha value is 0.0949. The van der Waals surface area contributed by atoms with Gasteiger partial charge in [0.2, 0.25) is 6.69 Å². The van der Waals surface area contributed by atoms with Crippen LogP contribution in [0.25, 0.3) is 0 Å².